The van der Waals surface area contributed by atoms with Crippen molar-refractivity contribution in [1.82, 2.24) is 4.98 Å². The lowest BCUT2D eigenvalue weighted by Crippen LogP contribution is -1.87. The summed E-state index contributed by atoms with van der Waals surface area (Å²) < 4.78 is 25.7. The van der Waals surface area contributed by atoms with Crippen LogP contribution in [0, 0.1) is 18.6 Å². The van der Waals surface area contributed by atoms with E-state index in [-0.39, 0.29) is 11.3 Å². The normalized spacial score (nSPS) is 10.6. The van der Waals surface area contributed by atoms with Gasteiger partial charge in [0.25, 0.3) is 0 Å². The molecule has 0 saturated heterocycles. The van der Waals surface area contributed by atoms with Crippen LogP contribution < -0.4 is 0 Å². The average molecular weight is 209 g/mol. The van der Waals surface area contributed by atoms with Crippen LogP contribution in [0.3, 0.4) is 0 Å². The second-order valence-electron chi connectivity index (χ2n) is 3.34. The van der Waals surface area contributed by atoms with E-state index in [2.05, 4.69) is 4.98 Å². The maximum Gasteiger partial charge on any atom is 0.162 e. The van der Waals surface area contributed by atoms with E-state index in [4.69, 9.17) is 0 Å². The maximum absolute atomic E-state index is 13.0. The third-order valence-electron chi connectivity index (χ3n) is 2.28. The van der Waals surface area contributed by atoms with Gasteiger partial charge in [-0.3, -0.25) is 0 Å². The van der Waals surface area contributed by atoms with Gasteiger partial charge in [0.2, 0.25) is 0 Å². The monoisotopic (exact) mass is 209 g/mol. The highest BCUT2D eigenvalue weighted by Crippen LogP contribution is 2.32. The van der Waals surface area contributed by atoms with Crippen LogP contribution in [0.25, 0.3) is 11.1 Å². The maximum atomic E-state index is 13.0. The van der Waals surface area contributed by atoms with Crippen molar-refractivity contribution < 1.29 is 13.9 Å². The molecule has 0 saturated carbocycles. The summed E-state index contributed by atoms with van der Waals surface area (Å²) in [5.74, 6) is -2.29. The van der Waals surface area contributed by atoms with Gasteiger partial charge < -0.3 is 10.1 Å². The molecule has 0 unspecified atom stereocenters. The fourth-order valence-corrected chi connectivity index (χ4v) is 1.48. The van der Waals surface area contributed by atoms with Gasteiger partial charge in [-0.15, -0.1) is 0 Å². The lowest BCUT2D eigenvalue weighted by atomic mass is 10.0. The van der Waals surface area contributed by atoms with Crippen molar-refractivity contribution in [2.45, 2.75) is 6.92 Å². The predicted octanol–water partition coefficient (Wildman–Crippen LogP) is 2.97. The van der Waals surface area contributed by atoms with Crippen LogP contribution in [0.2, 0.25) is 0 Å². The molecule has 2 aromatic rings. The smallest absolute Gasteiger partial charge is 0.162 e. The summed E-state index contributed by atoms with van der Waals surface area (Å²) in [5, 5.41) is 9.49. The number of hydrogen-bond donors (Lipinski definition) is 2. The van der Waals surface area contributed by atoms with Crippen molar-refractivity contribution in [2.24, 2.45) is 0 Å². The fourth-order valence-electron chi connectivity index (χ4n) is 1.48. The Kier molecular flexibility index (Phi) is 2.19. The van der Waals surface area contributed by atoms with Crippen LogP contribution in [0.4, 0.5) is 8.78 Å². The number of benzene rings is 1. The minimum Gasteiger partial charge on any atom is -0.507 e. The SMILES string of the molecule is Cc1c[nH]cc1-c1cc(F)c(F)cc1O. The molecule has 0 aliphatic heterocycles. The van der Waals surface area contributed by atoms with Crippen LogP contribution in [0.1, 0.15) is 5.56 Å². The van der Waals surface area contributed by atoms with Gasteiger partial charge in [0.15, 0.2) is 11.6 Å². The summed E-state index contributed by atoms with van der Waals surface area (Å²) in [6, 6.07) is 1.76. The molecule has 0 bridgehead atoms. The van der Waals surface area contributed by atoms with E-state index in [1.54, 1.807) is 12.4 Å². The van der Waals surface area contributed by atoms with E-state index in [9.17, 15) is 13.9 Å². The summed E-state index contributed by atoms with van der Waals surface area (Å²) >= 11 is 0. The van der Waals surface area contributed by atoms with Crippen molar-refractivity contribution in [3.05, 3.63) is 41.7 Å². The number of nitrogens with one attached hydrogen (secondary N) is 1. The second kappa shape index (κ2) is 3.38. The minimum atomic E-state index is -1.05. The van der Waals surface area contributed by atoms with Gasteiger partial charge in [-0.2, -0.15) is 0 Å². The van der Waals surface area contributed by atoms with Crippen molar-refractivity contribution in [3.63, 3.8) is 0 Å². The number of aromatic hydroxyl groups is 1. The Morgan fingerprint density at radius 3 is 2.33 bits per heavy atom. The van der Waals surface area contributed by atoms with Crippen molar-refractivity contribution in [1.29, 1.82) is 0 Å². The zero-order chi connectivity index (χ0) is 11.0. The largest absolute Gasteiger partial charge is 0.507 e. The lowest BCUT2D eigenvalue weighted by Gasteiger charge is -2.04. The third kappa shape index (κ3) is 1.58. The van der Waals surface area contributed by atoms with Gasteiger partial charge in [-0.05, 0) is 18.6 Å². The lowest BCUT2D eigenvalue weighted by molar-refractivity contribution is 0.457. The van der Waals surface area contributed by atoms with Gasteiger partial charge >= 0.3 is 0 Å². The number of hydrogen-bond acceptors (Lipinski definition) is 1. The van der Waals surface area contributed by atoms with Crippen molar-refractivity contribution in [2.75, 3.05) is 0 Å². The van der Waals surface area contributed by atoms with Gasteiger partial charge in [0, 0.05) is 29.6 Å². The number of aromatic amines is 1. The van der Waals surface area contributed by atoms with E-state index in [1.807, 2.05) is 6.92 Å². The minimum absolute atomic E-state index is 0.267. The second-order valence-corrected chi connectivity index (χ2v) is 3.34. The summed E-state index contributed by atoms with van der Waals surface area (Å²) in [6.45, 7) is 1.81. The number of phenolic OH excluding ortho intramolecular Hbond substituents is 1. The molecule has 1 aromatic heterocycles. The first-order chi connectivity index (χ1) is 7.09. The first-order valence-electron chi connectivity index (χ1n) is 4.41. The Morgan fingerprint density at radius 1 is 1.07 bits per heavy atom. The Labute approximate surface area is 85.2 Å². The Morgan fingerprint density at radius 2 is 1.73 bits per heavy atom. The van der Waals surface area contributed by atoms with Crippen LogP contribution in [0.5, 0.6) is 5.75 Å². The van der Waals surface area contributed by atoms with E-state index < -0.39 is 11.6 Å². The zero-order valence-corrected chi connectivity index (χ0v) is 8.01. The molecule has 2 nitrogen and oxygen atoms in total. The molecule has 2 rings (SSSR count). The van der Waals surface area contributed by atoms with Crippen LogP contribution in [-0.4, -0.2) is 10.1 Å². The number of rotatable bonds is 1. The summed E-state index contributed by atoms with van der Waals surface area (Å²) in [4.78, 5) is 2.83. The highest BCUT2D eigenvalue weighted by Gasteiger charge is 2.12. The van der Waals surface area contributed by atoms with Gasteiger partial charge in [-0.1, -0.05) is 0 Å². The number of H-pyrrole nitrogens is 1. The Balaban J connectivity index is 2.64. The zero-order valence-electron chi connectivity index (χ0n) is 8.01. The highest BCUT2D eigenvalue weighted by atomic mass is 19.2. The molecule has 78 valence electrons. The van der Waals surface area contributed by atoms with E-state index >= 15 is 0 Å². The molecule has 0 aliphatic carbocycles. The molecule has 2 N–H and O–H groups in total. The van der Waals surface area contributed by atoms with E-state index in [1.165, 1.54) is 0 Å². The predicted molar refractivity (Wildman–Crippen MR) is 52.5 cm³/mol. The Bertz CT molecular complexity index is 505. The third-order valence-corrected chi connectivity index (χ3v) is 2.28. The van der Waals surface area contributed by atoms with Crippen LogP contribution >= 0.6 is 0 Å². The first-order valence-corrected chi connectivity index (χ1v) is 4.41. The molecular weight excluding hydrogens is 200 g/mol. The molecule has 0 spiro atoms. The number of halogens is 2. The summed E-state index contributed by atoms with van der Waals surface area (Å²) in [7, 11) is 0. The molecule has 1 aromatic carbocycles. The Hall–Kier alpha value is -1.84. The van der Waals surface area contributed by atoms with Crippen LogP contribution in [0.15, 0.2) is 24.5 Å². The molecule has 0 fully saturated rings. The first kappa shape index (κ1) is 9.71. The molecule has 0 amide bonds. The van der Waals surface area contributed by atoms with E-state index in [0.29, 0.717) is 5.56 Å². The standard InChI is InChI=1S/C11H9F2NO/c1-6-4-14-5-8(6)7-2-9(12)10(13)3-11(7)15/h2-5,14-15H,1H3. The van der Waals surface area contributed by atoms with Crippen LogP contribution in [-0.2, 0) is 0 Å². The number of aryl methyl sites for hydroxylation is 1. The molecular formula is C11H9F2NO. The molecule has 0 atom stereocenters. The summed E-state index contributed by atoms with van der Waals surface area (Å²) in [6.07, 6.45) is 3.35. The van der Waals surface area contributed by atoms with Gasteiger partial charge in [-0.25, -0.2) is 8.78 Å². The molecule has 4 heteroatoms. The molecule has 1 heterocycles. The van der Waals surface area contributed by atoms with Crippen molar-refractivity contribution >= 4 is 0 Å². The molecule has 15 heavy (non-hydrogen) atoms. The molecule has 0 radical (unpaired) electrons. The van der Waals surface area contributed by atoms with Gasteiger partial charge in [0.1, 0.15) is 5.75 Å². The quantitative estimate of drug-likeness (QED) is 0.744. The average Bonchev–Trinajstić information content (AvgIpc) is 2.58. The highest BCUT2D eigenvalue weighted by molar-refractivity contribution is 5.72. The topological polar surface area (TPSA) is 36.0 Å². The van der Waals surface area contributed by atoms with Crippen molar-refractivity contribution in [3.8, 4) is 16.9 Å². The number of phenols is 1. The fraction of sp³-hybridized carbons (Fsp3) is 0.0909. The summed E-state index contributed by atoms with van der Waals surface area (Å²) in [5.41, 5.74) is 1.80. The van der Waals surface area contributed by atoms with Gasteiger partial charge in [0.05, 0.1) is 0 Å². The van der Waals surface area contributed by atoms with E-state index in [0.717, 1.165) is 17.7 Å². The number of aromatic nitrogens is 1. The molecule has 0 aliphatic rings.